The fraction of sp³-hybridized carbons (Fsp3) is 0.435. The minimum atomic E-state index is 0.114. The quantitative estimate of drug-likeness (QED) is 0.526. The van der Waals surface area contributed by atoms with Crippen LogP contribution in [-0.2, 0) is 9.53 Å². The van der Waals surface area contributed by atoms with Gasteiger partial charge in [-0.15, -0.1) is 0 Å². The Bertz CT molecular complexity index is 628. The summed E-state index contributed by atoms with van der Waals surface area (Å²) in [7, 11) is 0. The number of carbonyl (C=O) groups excluding carboxylic acids is 1. The molecule has 0 aliphatic heterocycles. The van der Waals surface area contributed by atoms with Crippen LogP contribution in [0.4, 0.5) is 0 Å². The van der Waals surface area contributed by atoms with Gasteiger partial charge < -0.3 is 9.47 Å². The molecule has 2 aromatic carbocycles. The van der Waals surface area contributed by atoms with Crippen LogP contribution in [0.3, 0.4) is 0 Å². The van der Waals surface area contributed by atoms with Crippen LogP contribution in [0.15, 0.2) is 48.5 Å². The molecule has 0 aliphatic carbocycles. The average Bonchev–Trinajstić information content (AvgIpc) is 2.69. The molecule has 142 valence electrons. The number of benzene rings is 2. The highest BCUT2D eigenvalue weighted by molar-refractivity contribution is 5.79. The molecule has 0 aliphatic rings. The molecule has 0 saturated carbocycles. The standard InChI is InChI=1S/C21H26O3.C2H6/c1-4-20(22)15-23-13-14-24-21-11-9-19(10-12-21)18-7-5-17(6-8-18)16(2)3;1-2/h5-12,16H,4,13-15H2,1-3H3;1-2H3. The van der Waals surface area contributed by atoms with Crippen molar-refractivity contribution in [1.29, 1.82) is 0 Å². The van der Waals surface area contributed by atoms with E-state index in [0.717, 1.165) is 5.75 Å². The Balaban J connectivity index is 0.00000163. The van der Waals surface area contributed by atoms with Crippen molar-refractivity contribution >= 4 is 5.78 Å². The molecule has 26 heavy (non-hydrogen) atoms. The summed E-state index contributed by atoms with van der Waals surface area (Å²) in [4.78, 5) is 11.1. The molecule has 0 radical (unpaired) electrons. The third-order valence-corrected chi connectivity index (χ3v) is 3.92. The third-order valence-electron chi connectivity index (χ3n) is 3.92. The van der Waals surface area contributed by atoms with Crippen molar-refractivity contribution in [3.05, 3.63) is 54.1 Å². The second-order valence-electron chi connectivity index (χ2n) is 6.09. The van der Waals surface area contributed by atoms with Gasteiger partial charge in [-0.3, -0.25) is 4.79 Å². The lowest BCUT2D eigenvalue weighted by atomic mass is 9.99. The molecule has 0 saturated heterocycles. The summed E-state index contributed by atoms with van der Waals surface area (Å²) >= 11 is 0. The van der Waals surface area contributed by atoms with Gasteiger partial charge in [0.05, 0.1) is 6.61 Å². The zero-order chi connectivity index (χ0) is 19.4. The summed E-state index contributed by atoms with van der Waals surface area (Å²) in [6.45, 7) is 11.3. The molecule has 0 aromatic heterocycles. The van der Waals surface area contributed by atoms with Crippen LogP contribution in [0, 0.1) is 0 Å². The Morgan fingerprint density at radius 1 is 0.885 bits per heavy atom. The van der Waals surface area contributed by atoms with E-state index in [1.807, 2.05) is 32.9 Å². The summed E-state index contributed by atoms with van der Waals surface area (Å²) in [5.41, 5.74) is 3.72. The largest absolute Gasteiger partial charge is 0.491 e. The second kappa shape index (κ2) is 12.3. The Kier molecular flexibility index (Phi) is 10.3. The summed E-state index contributed by atoms with van der Waals surface area (Å²) < 4.78 is 10.9. The second-order valence-corrected chi connectivity index (χ2v) is 6.09. The van der Waals surface area contributed by atoms with Crippen molar-refractivity contribution in [2.75, 3.05) is 19.8 Å². The molecule has 0 N–H and O–H groups in total. The first kappa shape index (κ1) is 21.9. The van der Waals surface area contributed by atoms with Gasteiger partial charge in [0.2, 0.25) is 0 Å². The smallest absolute Gasteiger partial charge is 0.158 e. The molecule has 0 atom stereocenters. The molecule has 0 heterocycles. The number of rotatable bonds is 9. The van der Waals surface area contributed by atoms with Gasteiger partial charge in [-0.1, -0.05) is 71.0 Å². The van der Waals surface area contributed by atoms with Crippen molar-refractivity contribution in [1.82, 2.24) is 0 Å². The number of hydrogen-bond acceptors (Lipinski definition) is 3. The summed E-state index contributed by atoms with van der Waals surface area (Å²) in [6, 6.07) is 16.7. The van der Waals surface area contributed by atoms with Gasteiger partial charge in [-0.05, 0) is 34.7 Å². The Morgan fingerprint density at radius 3 is 1.92 bits per heavy atom. The van der Waals surface area contributed by atoms with Crippen LogP contribution in [0.1, 0.15) is 52.5 Å². The molecular weight excluding hydrogens is 324 g/mol. The van der Waals surface area contributed by atoms with Gasteiger partial charge in [0.1, 0.15) is 19.0 Å². The van der Waals surface area contributed by atoms with E-state index < -0.39 is 0 Å². The maximum atomic E-state index is 11.1. The van der Waals surface area contributed by atoms with Crippen LogP contribution in [-0.4, -0.2) is 25.6 Å². The lowest BCUT2D eigenvalue weighted by Gasteiger charge is -2.09. The van der Waals surface area contributed by atoms with Crippen LogP contribution in [0.5, 0.6) is 5.75 Å². The van der Waals surface area contributed by atoms with Gasteiger partial charge in [-0.25, -0.2) is 0 Å². The summed E-state index contributed by atoms with van der Waals surface area (Å²) in [5, 5.41) is 0. The zero-order valence-corrected chi connectivity index (χ0v) is 16.7. The average molecular weight is 357 g/mol. The molecule has 0 unspecified atom stereocenters. The molecule has 2 aromatic rings. The normalized spacial score (nSPS) is 10.2. The molecule has 2 rings (SSSR count). The van der Waals surface area contributed by atoms with Crippen LogP contribution >= 0.6 is 0 Å². The molecule has 3 heteroatoms. The highest BCUT2D eigenvalue weighted by Gasteiger charge is 2.02. The maximum Gasteiger partial charge on any atom is 0.158 e. The van der Waals surface area contributed by atoms with Crippen molar-refractivity contribution in [3.8, 4) is 16.9 Å². The van der Waals surface area contributed by atoms with E-state index in [4.69, 9.17) is 9.47 Å². The van der Waals surface area contributed by atoms with Gasteiger partial charge in [0, 0.05) is 6.42 Å². The SMILES string of the molecule is CC.CCC(=O)COCCOc1ccc(-c2ccc(C(C)C)cc2)cc1. The fourth-order valence-electron chi connectivity index (χ4n) is 2.31. The van der Waals surface area contributed by atoms with E-state index in [-0.39, 0.29) is 12.4 Å². The van der Waals surface area contributed by atoms with Crippen LogP contribution in [0.25, 0.3) is 11.1 Å². The highest BCUT2D eigenvalue weighted by Crippen LogP contribution is 2.24. The van der Waals surface area contributed by atoms with Crippen molar-refractivity contribution in [2.24, 2.45) is 0 Å². The Labute approximate surface area is 158 Å². The predicted molar refractivity (Wildman–Crippen MR) is 109 cm³/mol. The molecule has 0 bridgehead atoms. The van der Waals surface area contributed by atoms with E-state index >= 15 is 0 Å². The van der Waals surface area contributed by atoms with Gasteiger partial charge >= 0.3 is 0 Å². The summed E-state index contributed by atoms with van der Waals surface area (Å²) in [6.07, 6.45) is 0.514. The predicted octanol–water partition coefficient (Wildman–Crippen LogP) is 5.88. The van der Waals surface area contributed by atoms with Crippen molar-refractivity contribution in [2.45, 2.75) is 47.0 Å². The minimum Gasteiger partial charge on any atom is -0.491 e. The number of ketones is 1. The molecule has 0 amide bonds. The fourth-order valence-corrected chi connectivity index (χ4v) is 2.31. The Hall–Kier alpha value is -2.13. The lowest BCUT2D eigenvalue weighted by molar-refractivity contribution is -0.123. The first-order valence-electron chi connectivity index (χ1n) is 9.52. The minimum absolute atomic E-state index is 0.114. The number of hydrogen-bond donors (Lipinski definition) is 0. The monoisotopic (exact) mass is 356 g/mol. The van der Waals surface area contributed by atoms with Crippen molar-refractivity contribution < 1.29 is 14.3 Å². The van der Waals surface area contributed by atoms with Crippen LogP contribution in [0.2, 0.25) is 0 Å². The van der Waals surface area contributed by atoms with Gasteiger partial charge in [-0.2, -0.15) is 0 Å². The zero-order valence-electron chi connectivity index (χ0n) is 16.7. The topological polar surface area (TPSA) is 35.5 Å². The Morgan fingerprint density at radius 2 is 1.42 bits per heavy atom. The van der Waals surface area contributed by atoms with Crippen LogP contribution < -0.4 is 4.74 Å². The van der Waals surface area contributed by atoms with E-state index in [9.17, 15) is 4.79 Å². The first-order valence-corrected chi connectivity index (χ1v) is 9.52. The van der Waals surface area contributed by atoms with Gasteiger partial charge in [0.25, 0.3) is 0 Å². The summed E-state index contributed by atoms with van der Waals surface area (Å²) in [5.74, 6) is 1.47. The highest BCUT2D eigenvalue weighted by atomic mass is 16.5. The molecular formula is C23H32O3. The third kappa shape index (κ3) is 7.40. The molecule has 0 spiro atoms. The lowest BCUT2D eigenvalue weighted by Crippen LogP contribution is -2.12. The van der Waals surface area contributed by atoms with Gasteiger partial charge in [0.15, 0.2) is 5.78 Å². The first-order chi connectivity index (χ1) is 12.6. The van der Waals surface area contributed by atoms with E-state index in [0.29, 0.717) is 25.6 Å². The maximum absolute atomic E-state index is 11.1. The van der Waals surface area contributed by atoms with E-state index in [1.165, 1.54) is 16.7 Å². The van der Waals surface area contributed by atoms with E-state index in [2.05, 4.69) is 50.2 Å². The molecule has 3 nitrogen and oxygen atoms in total. The molecule has 0 fully saturated rings. The number of ether oxygens (including phenoxy) is 2. The number of Topliss-reactive ketones (excluding diaryl/α,β-unsaturated/α-hetero) is 1. The van der Waals surface area contributed by atoms with E-state index in [1.54, 1.807) is 0 Å². The number of carbonyl (C=O) groups is 1. The van der Waals surface area contributed by atoms with Crippen molar-refractivity contribution in [3.63, 3.8) is 0 Å².